The molecule has 0 aliphatic rings. The zero-order valence-corrected chi connectivity index (χ0v) is 13.1. The van der Waals surface area contributed by atoms with Crippen molar-refractivity contribution in [3.8, 4) is 0 Å². The first kappa shape index (κ1) is 13.8. The number of imidazole rings is 1. The Kier molecular flexibility index (Phi) is 3.51. The molecule has 1 aromatic carbocycles. The van der Waals surface area contributed by atoms with Gasteiger partial charge in [0.1, 0.15) is 0 Å². The average Bonchev–Trinajstić information content (AvgIpc) is 2.88. The van der Waals surface area contributed by atoms with Crippen molar-refractivity contribution in [1.82, 2.24) is 9.38 Å². The van der Waals surface area contributed by atoms with Crippen LogP contribution in [0.15, 0.2) is 29.8 Å². The van der Waals surface area contributed by atoms with Crippen LogP contribution in [-0.2, 0) is 11.2 Å². The fraction of sp³-hybridized carbons (Fsp3) is 0.250. The molecule has 3 aromatic rings. The average molecular weight is 299 g/mol. The highest BCUT2D eigenvalue weighted by Gasteiger charge is 2.11. The van der Waals surface area contributed by atoms with Crippen LogP contribution in [0.4, 0.5) is 5.69 Å². The Morgan fingerprint density at radius 1 is 1.24 bits per heavy atom. The standard InChI is InChI=1S/C16H17N3OS/c1-10-4-11(2)6-13(5-10)18-15(20)7-14-9-21-16-17-12(3)8-19(14)16/h4-6,8-9H,7H2,1-3H3,(H,18,20). The monoisotopic (exact) mass is 299 g/mol. The van der Waals surface area contributed by atoms with Crippen molar-refractivity contribution in [3.05, 3.63) is 52.3 Å². The minimum absolute atomic E-state index is 0.00828. The number of benzene rings is 1. The molecule has 0 atom stereocenters. The SMILES string of the molecule is Cc1cc(C)cc(NC(=O)Cc2csc3nc(C)cn23)c1. The number of amides is 1. The summed E-state index contributed by atoms with van der Waals surface area (Å²) in [6, 6.07) is 6.05. The lowest BCUT2D eigenvalue weighted by Gasteiger charge is -2.07. The van der Waals surface area contributed by atoms with Gasteiger partial charge in [0.05, 0.1) is 12.1 Å². The molecule has 0 radical (unpaired) electrons. The number of rotatable bonds is 3. The van der Waals surface area contributed by atoms with Gasteiger partial charge in [-0.05, 0) is 44.0 Å². The molecule has 1 N–H and O–H groups in total. The van der Waals surface area contributed by atoms with Crippen LogP contribution in [-0.4, -0.2) is 15.3 Å². The molecule has 0 unspecified atom stereocenters. The molecule has 4 nitrogen and oxygen atoms in total. The number of fused-ring (bicyclic) bond motifs is 1. The third-order valence-electron chi connectivity index (χ3n) is 3.25. The second-order valence-corrected chi connectivity index (χ2v) is 6.20. The van der Waals surface area contributed by atoms with Gasteiger partial charge >= 0.3 is 0 Å². The largest absolute Gasteiger partial charge is 0.326 e. The van der Waals surface area contributed by atoms with Crippen LogP contribution in [0.5, 0.6) is 0 Å². The molecule has 5 heteroatoms. The lowest BCUT2D eigenvalue weighted by Crippen LogP contribution is -2.15. The van der Waals surface area contributed by atoms with Crippen LogP contribution >= 0.6 is 11.3 Å². The fourth-order valence-electron chi connectivity index (χ4n) is 2.49. The van der Waals surface area contributed by atoms with Gasteiger partial charge in [-0.3, -0.25) is 9.20 Å². The molecule has 0 bridgehead atoms. The third-order valence-corrected chi connectivity index (χ3v) is 4.14. The normalized spacial score (nSPS) is 11.0. The van der Waals surface area contributed by atoms with Crippen LogP contribution < -0.4 is 5.32 Å². The molecule has 108 valence electrons. The Labute approximate surface area is 127 Å². The van der Waals surface area contributed by atoms with Crippen molar-refractivity contribution in [1.29, 1.82) is 0 Å². The molecule has 21 heavy (non-hydrogen) atoms. The number of nitrogens with zero attached hydrogens (tertiary/aromatic N) is 2. The smallest absolute Gasteiger partial charge is 0.230 e. The topological polar surface area (TPSA) is 46.4 Å². The molecule has 2 aromatic heterocycles. The quantitative estimate of drug-likeness (QED) is 0.804. The minimum Gasteiger partial charge on any atom is -0.326 e. The number of aryl methyl sites for hydroxylation is 3. The van der Waals surface area contributed by atoms with Crippen molar-refractivity contribution in [2.24, 2.45) is 0 Å². The first-order chi connectivity index (χ1) is 10.0. The maximum atomic E-state index is 12.2. The van der Waals surface area contributed by atoms with Gasteiger partial charge in [-0.2, -0.15) is 0 Å². The lowest BCUT2D eigenvalue weighted by molar-refractivity contribution is -0.115. The zero-order valence-electron chi connectivity index (χ0n) is 12.3. The molecule has 1 amide bonds. The molecule has 0 fully saturated rings. The van der Waals surface area contributed by atoms with E-state index in [0.717, 1.165) is 33.2 Å². The Hall–Kier alpha value is -2.14. The van der Waals surface area contributed by atoms with Crippen molar-refractivity contribution < 1.29 is 4.79 Å². The van der Waals surface area contributed by atoms with Crippen LogP contribution in [0.1, 0.15) is 22.5 Å². The summed E-state index contributed by atoms with van der Waals surface area (Å²) < 4.78 is 1.99. The Balaban J connectivity index is 1.77. The predicted octanol–water partition coefficient (Wildman–Crippen LogP) is 3.50. The first-order valence-corrected chi connectivity index (χ1v) is 7.69. The highest BCUT2D eigenvalue weighted by Crippen LogP contribution is 2.18. The van der Waals surface area contributed by atoms with Gasteiger partial charge in [0, 0.05) is 23.0 Å². The highest BCUT2D eigenvalue weighted by molar-refractivity contribution is 7.15. The van der Waals surface area contributed by atoms with Crippen LogP contribution in [0.2, 0.25) is 0 Å². The summed E-state index contributed by atoms with van der Waals surface area (Å²) in [6.07, 6.45) is 2.31. The number of thiazole rings is 1. The Morgan fingerprint density at radius 2 is 1.95 bits per heavy atom. The van der Waals surface area contributed by atoms with E-state index in [1.54, 1.807) is 11.3 Å². The van der Waals surface area contributed by atoms with Crippen molar-refractivity contribution >= 4 is 27.9 Å². The summed E-state index contributed by atoms with van der Waals surface area (Å²) in [7, 11) is 0. The van der Waals surface area contributed by atoms with Crippen molar-refractivity contribution in [2.45, 2.75) is 27.2 Å². The maximum Gasteiger partial charge on any atom is 0.230 e. The molecule has 0 spiro atoms. The van der Waals surface area contributed by atoms with E-state index in [-0.39, 0.29) is 5.91 Å². The predicted molar refractivity (Wildman–Crippen MR) is 86.1 cm³/mol. The van der Waals surface area contributed by atoms with Gasteiger partial charge < -0.3 is 5.32 Å². The summed E-state index contributed by atoms with van der Waals surface area (Å²) in [5.41, 5.74) is 5.09. The van der Waals surface area contributed by atoms with Crippen LogP contribution in [0.25, 0.3) is 4.96 Å². The molecule has 0 saturated heterocycles. The third kappa shape index (κ3) is 2.97. The lowest BCUT2D eigenvalue weighted by atomic mass is 10.1. The van der Waals surface area contributed by atoms with E-state index < -0.39 is 0 Å². The van der Waals surface area contributed by atoms with E-state index in [1.165, 1.54) is 0 Å². The number of carbonyl (C=O) groups excluding carboxylic acids is 1. The van der Waals surface area contributed by atoms with Gasteiger partial charge in [0.2, 0.25) is 5.91 Å². The van der Waals surface area contributed by atoms with Gasteiger partial charge in [-0.15, -0.1) is 11.3 Å². The highest BCUT2D eigenvalue weighted by atomic mass is 32.1. The van der Waals surface area contributed by atoms with Crippen molar-refractivity contribution in [3.63, 3.8) is 0 Å². The van der Waals surface area contributed by atoms with Gasteiger partial charge in [-0.1, -0.05) is 6.07 Å². The number of nitrogens with one attached hydrogen (secondary N) is 1. The van der Waals surface area contributed by atoms with E-state index in [2.05, 4.69) is 16.4 Å². The van der Waals surface area contributed by atoms with Gasteiger partial charge in [-0.25, -0.2) is 4.98 Å². The summed E-state index contributed by atoms with van der Waals surface area (Å²) >= 11 is 1.56. The Morgan fingerprint density at radius 3 is 2.67 bits per heavy atom. The van der Waals surface area contributed by atoms with E-state index in [9.17, 15) is 4.79 Å². The minimum atomic E-state index is -0.00828. The summed E-state index contributed by atoms with van der Waals surface area (Å²) in [6.45, 7) is 6.01. The molecule has 3 rings (SSSR count). The summed E-state index contributed by atoms with van der Waals surface area (Å²) in [5, 5.41) is 4.95. The van der Waals surface area contributed by atoms with Crippen molar-refractivity contribution in [2.75, 3.05) is 5.32 Å². The maximum absolute atomic E-state index is 12.2. The van der Waals surface area contributed by atoms with Crippen LogP contribution in [0.3, 0.4) is 0 Å². The molecule has 0 aliphatic carbocycles. The molecule has 0 saturated carbocycles. The van der Waals surface area contributed by atoms with Crippen LogP contribution in [0, 0.1) is 20.8 Å². The van der Waals surface area contributed by atoms with Gasteiger partial charge in [0.15, 0.2) is 4.96 Å². The molecular formula is C16H17N3OS. The fourth-order valence-corrected chi connectivity index (χ4v) is 3.40. The van der Waals surface area contributed by atoms with Gasteiger partial charge in [0.25, 0.3) is 0 Å². The van der Waals surface area contributed by atoms with E-state index >= 15 is 0 Å². The second-order valence-electron chi connectivity index (χ2n) is 5.36. The van der Waals surface area contributed by atoms with E-state index in [4.69, 9.17) is 0 Å². The Bertz CT molecular complexity index is 796. The van der Waals surface area contributed by atoms with E-state index in [1.807, 2.05) is 48.9 Å². The zero-order chi connectivity index (χ0) is 15.0. The number of hydrogen-bond acceptors (Lipinski definition) is 3. The number of hydrogen-bond donors (Lipinski definition) is 1. The van der Waals surface area contributed by atoms with E-state index in [0.29, 0.717) is 6.42 Å². The number of carbonyl (C=O) groups is 1. The first-order valence-electron chi connectivity index (χ1n) is 6.81. The molecule has 0 aliphatic heterocycles. The summed E-state index contributed by atoms with van der Waals surface area (Å²) in [4.78, 5) is 17.5. The summed E-state index contributed by atoms with van der Waals surface area (Å²) in [5.74, 6) is -0.00828. The number of aromatic nitrogens is 2. The second kappa shape index (κ2) is 5.33. The number of anilines is 1. The molecule has 2 heterocycles. The molecular weight excluding hydrogens is 282 g/mol.